The standard InChI is InChI=1S/C17H18N2O2S2/c20-23(21,17-8-4-10-22-17)19-12-15(13-5-3-9-18-11-13)14-6-1-2-7-16(14)19/h1-2,4,6-8,10,12-13,18H,3,5,9,11H2. The predicted molar refractivity (Wildman–Crippen MR) is 93.7 cm³/mol. The molecule has 2 aromatic heterocycles. The first kappa shape index (κ1) is 14.9. The molecule has 23 heavy (non-hydrogen) atoms. The number of rotatable bonds is 3. The SMILES string of the molecule is O=S(=O)(c1cccs1)n1cc(C2CCCNC2)c2ccccc21. The maximum atomic E-state index is 13.0. The molecule has 6 heteroatoms. The van der Waals surface area contributed by atoms with Crippen LogP contribution >= 0.6 is 11.3 Å². The first-order valence-corrected chi connectivity index (χ1v) is 10.1. The van der Waals surface area contributed by atoms with E-state index in [9.17, 15) is 8.42 Å². The van der Waals surface area contributed by atoms with Gasteiger partial charge >= 0.3 is 0 Å². The second-order valence-electron chi connectivity index (χ2n) is 5.88. The highest BCUT2D eigenvalue weighted by Gasteiger charge is 2.25. The van der Waals surface area contributed by atoms with E-state index in [0.717, 1.165) is 42.4 Å². The summed E-state index contributed by atoms with van der Waals surface area (Å²) in [6.45, 7) is 1.95. The zero-order chi connectivity index (χ0) is 15.9. The number of nitrogens with zero attached hydrogens (tertiary/aromatic N) is 1. The van der Waals surface area contributed by atoms with Crippen LogP contribution in [0.1, 0.15) is 24.3 Å². The summed E-state index contributed by atoms with van der Waals surface area (Å²) >= 11 is 1.26. The number of nitrogens with one attached hydrogen (secondary N) is 1. The Bertz CT molecular complexity index is 921. The van der Waals surface area contributed by atoms with E-state index in [0.29, 0.717) is 10.1 Å². The average molecular weight is 346 g/mol. The fourth-order valence-corrected chi connectivity index (χ4v) is 5.78. The molecule has 120 valence electrons. The summed E-state index contributed by atoms with van der Waals surface area (Å²) in [7, 11) is -3.53. The van der Waals surface area contributed by atoms with Crippen LogP contribution in [0.15, 0.2) is 52.2 Å². The van der Waals surface area contributed by atoms with Gasteiger partial charge in [-0.2, -0.15) is 8.42 Å². The van der Waals surface area contributed by atoms with Crippen molar-refractivity contribution in [3.8, 4) is 0 Å². The van der Waals surface area contributed by atoms with Crippen LogP contribution < -0.4 is 5.32 Å². The number of thiophene rings is 1. The molecule has 1 saturated heterocycles. The molecule has 1 aliphatic heterocycles. The molecule has 0 amide bonds. The number of benzene rings is 1. The molecule has 4 nitrogen and oxygen atoms in total. The lowest BCUT2D eigenvalue weighted by Gasteiger charge is -2.22. The van der Waals surface area contributed by atoms with Gasteiger partial charge in [-0.1, -0.05) is 24.3 Å². The molecular weight excluding hydrogens is 328 g/mol. The third kappa shape index (κ3) is 2.51. The Labute approximate surface area is 139 Å². The minimum atomic E-state index is -3.53. The summed E-state index contributed by atoms with van der Waals surface area (Å²) in [6.07, 6.45) is 4.05. The van der Waals surface area contributed by atoms with Crippen LogP contribution in [0, 0.1) is 0 Å². The molecule has 0 spiro atoms. The highest BCUT2D eigenvalue weighted by molar-refractivity contribution is 7.92. The van der Waals surface area contributed by atoms with E-state index in [-0.39, 0.29) is 0 Å². The second-order valence-corrected chi connectivity index (χ2v) is 8.87. The second kappa shape index (κ2) is 5.78. The zero-order valence-corrected chi connectivity index (χ0v) is 14.2. The molecule has 3 heterocycles. The molecule has 0 saturated carbocycles. The van der Waals surface area contributed by atoms with Crippen molar-refractivity contribution in [3.63, 3.8) is 0 Å². The summed E-state index contributed by atoms with van der Waals surface area (Å²) in [4.78, 5) is 0. The van der Waals surface area contributed by atoms with E-state index >= 15 is 0 Å². The fourth-order valence-electron chi connectivity index (χ4n) is 3.32. The summed E-state index contributed by atoms with van der Waals surface area (Å²) in [5, 5.41) is 6.26. The van der Waals surface area contributed by atoms with Crippen molar-refractivity contribution in [1.29, 1.82) is 0 Å². The number of fused-ring (bicyclic) bond motifs is 1. The normalized spacial score (nSPS) is 19.2. The van der Waals surface area contributed by atoms with E-state index in [1.165, 1.54) is 15.3 Å². The minimum Gasteiger partial charge on any atom is -0.316 e. The Morgan fingerprint density at radius 2 is 2.04 bits per heavy atom. The van der Waals surface area contributed by atoms with Gasteiger partial charge in [-0.05, 0) is 48.4 Å². The Morgan fingerprint density at radius 1 is 1.17 bits per heavy atom. The summed E-state index contributed by atoms with van der Waals surface area (Å²) in [5.41, 5.74) is 1.90. The zero-order valence-electron chi connectivity index (χ0n) is 12.6. The van der Waals surface area contributed by atoms with Crippen LogP contribution in [0.5, 0.6) is 0 Å². The van der Waals surface area contributed by atoms with Gasteiger partial charge in [0.2, 0.25) is 0 Å². The van der Waals surface area contributed by atoms with E-state index in [4.69, 9.17) is 0 Å². The summed E-state index contributed by atoms with van der Waals surface area (Å²) < 4.78 is 27.8. The molecule has 1 aromatic carbocycles. The third-order valence-electron chi connectivity index (χ3n) is 4.45. The molecule has 1 unspecified atom stereocenters. The van der Waals surface area contributed by atoms with E-state index in [2.05, 4.69) is 5.32 Å². The van der Waals surface area contributed by atoms with Crippen LogP contribution in [0.4, 0.5) is 0 Å². The number of hydrogen-bond acceptors (Lipinski definition) is 4. The highest BCUT2D eigenvalue weighted by Crippen LogP contribution is 2.34. The quantitative estimate of drug-likeness (QED) is 0.791. The van der Waals surface area contributed by atoms with Crippen LogP contribution in [-0.2, 0) is 10.0 Å². The molecule has 1 N–H and O–H groups in total. The van der Waals surface area contributed by atoms with Crippen LogP contribution in [0.2, 0.25) is 0 Å². The van der Waals surface area contributed by atoms with Crippen molar-refractivity contribution in [2.24, 2.45) is 0 Å². The van der Waals surface area contributed by atoms with Crippen molar-refractivity contribution >= 4 is 32.3 Å². The number of aromatic nitrogens is 1. The van der Waals surface area contributed by atoms with E-state index in [1.807, 2.05) is 30.5 Å². The monoisotopic (exact) mass is 346 g/mol. The molecular formula is C17H18N2O2S2. The maximum Gasteiger partial charge on any atom is 0.277 e. The van der Waals surface area contributed by atoms with Gasteiger partial charge in [-0.25, -0.2) is 3.97 Å². The molecule has 0 aliphatic carbocycles. The van der Waals surface area contributed by atoms with Crippen LogP contribution in [0.25, 0.3) is 10.9 Å². The first-order valence-electron chi connectivity index (χ1n) is 7.78. The Morgan fingerprint density at radius 3 is 2.78 bits per heavy atom. The maximum absolute atomic E-state index is 13.0. The number of hydrogen-bond donors (Lipinski definition) is 1. The molecule has 0 radical (unpaired) electrons. The van der Waals surface area contributed by atoms with Gasteiger partial charge in [0.1, 0.15) is 4.21 Å². The van der Waals surface area contributed by atoms with Crippen LogP contribution in [-0.4, -0.2) is 25.5 Å². The van der Waals surface area contributed by atoms with Gasteiger partial charge < -0.3 is 5.32 Å². The van der Waals surface area contributed by atoms with Crippen molar-refractivity contribution in [3.05, 3.63) is 53.5 Å². The Hall–Kier alpha value is -1.63. The Balaban J connectivity index is 1.91. The molecule has 4 rings (SSSR count). The lowest BCUT2D eigenvalue weighted by Crippen LogP contribution is -2.28. The highest BCUT2D eigenvalue weighted by atomic mass is 32.2. The third-order valence-corrected chi connectivity index (χ3v) is 7.50. The summed E-state index contributed by atoms with van der Waals surface area (Å²) in [6, 6.07) is 11.2. The van der Waals surface area contributed by atoms with Gasteiger partial charge in [0, 0.05) is 18.1 Å². The lowest BCUT2D eigenvalue weighted by atomic mass is 9.91. The van der Waals surface area contributed by atoms with Gasteiger partial charge in [-0.3, -0.25) is 0 Å². The van der Waals surface area contributed by atoms with Gasteiger partial charge in [0.05, 0.1) is 5.52 Å². The first-order chi connectivity index (χ1) is 11.2. The van der Waals surface area contributed by atoms with Crippen molar-refractivity contribution in [2.45, 2.75) is 23.0 Å². The van der Waals surface area contributed by atoms with E-state index < -0.39 is 10.0 Å². The van der Waals surface area contributed by atoms with Crippen molar-refractivity contribution in [1.82, 2.24) is 9.29 Å². The van der Waals surface area contributed by atoms with Crippen molar-refractivity contribution in [2.75, 3.05) is 13.1 Å². The molecule has 3 aromatic rings. The molecule has 1 atom stereocenters. The topological polar surface area (TPSA) is 51.1 Å². The van der Waals surface area contributed by atoms with Crippen LogP contribution in [0.3, 0.4) is 0 Å². The minimum absolute atomic E-state index is 0.369. The molecule has 1 fully saturated rings. The largest absolute Gasteiger partial charge is 0.316 e. The van der Waals surface area contributed by atoms with E-state index in [1.54, 1.807) is 17.5 Å². The van der Waals surface area contributed by atoms with Gasteiger partial charge in [0.25, 0.3) is 10.0 Å². The van der Waals surface area contributed by atoms with Gasteiger partial charge in [0.15, 0.2) is 0 Å². The fraction of sp³-hybridized carbons (Fsp3) is 0.294. The molecule has 1 aliphatic rings. The summed E-state index contributed by atoms with van der Waals surface area (Å²) in [5.74, 6) is 0.369. The van der Waals surface area contributed by atoms with Gasteiger partial charge in [-0.15, -0.1) is 11.3 Å². The smallest absolute Gasteiger partial charge is 0.277 e. The lowest BCUT2D eigenvalue weighted by molar-refractivity contribution is 0.463. The average Bonchev–Trinajstić information content (AvgIpc) is 3.24. The molecule has 0 bridgehead atoms. The van der Waals surface area contributed by atoms with Crippen molar-refractivity contribution < 1.29 is 8.42 Å². The number of piperidine rings is 1. The number of para-hydroxylation sites is 1. The predicted octanol–water partition coefficient (Wildman–Crippen LogP) is 3.41. The Kier molecular flexibility index (Phi) is 3.75.